The van der Waals surface area contributed by atoms with Crippen LogP contribution in [0.1, 0.15) is 5.56 Å². The topological polar surface area (TPSA) is 96.1 Å². The van der Waals surface area contributed by atoms with Crippen LogP contribution in [0.15, 0.2) is 33.8 Å². The van der Waals surface area contributed by atoms with E-state index in [-0.39, 0.29) is 10.8 Å². The van der Waals surface area contributed by atoms with E-state index in [1.807, 2.05) is 31.2 Å². The van der Waals surface area contributed by atoms with Crippen LogP contribution in [-0.2, 0) is 4.79 Å². The molecule has 2 N–H and O–H groups in total. The zero-order valence-corrected chi connectivity index (χ0v) is 10.4. The SMILES string of the molecule is Cc1ccc(-[n+]2noc([O-])c2SCC(N)=O)cc1. The zero-order chi connectivity index (χ0) is 13.1. The second-order valence-electron chi connectivity index (χ2n) is 3.67. The van der Waals surface area contributed by atoms with Crippen molar-refractivity contribution in [1.29, 1.82) is 0 Å². The summed E-state index contributed by atoms with van der Waals surface area (Å²) in [6.45, 7) is 1.96. The molecule has 1 aromatic carbocycles. The van der Waals surface area contributed by atoms with Crippen LogP contribution in [0.4, 0.5) is 0 Å². The minimum atomic E-state index is -0.582. The molecule has 7 heteroatoms. The van der Waals surface area contributed by atoms with Crippen molar-refractivity contribution in [2.24, 2.45) is 5.73 Å². The fourth-order valence-corrected chi connectivity index (χ4v) is 2.05. The Kier molecular flexibility index (Phi) is 3.52. The van der Waals surface area contributed by atoms with Gasteiger partial charge in [-0.2, -0.15) is 0 Å². The number of amides is 1. The Morgan fingerprint density at radius 1 is 1.50 bits per heavy atom. The van der Waals surface area contributed by atoms with Gasteiger partial charge in [-0.1, -0.05) is 17.7 Å². The molecule has 1 aromatic heterocycles. The second-order valence-corrected chi connectivity index (χ2v) is 4.63. The predicted molar refractivity (Wildman–Crippen MR) is 62.1 cm³/mol. The van der Waals surface area contributed by atoms with Gasteiger partial charge in [-0.3, -0.25) is 4.79 Å². The van der Waals surface area contributed by atoms with Crippen molar-refractivity contribution in [3.05, 3.63) is 29.8 Å². The lowest BCUT2D eigenvalue weighted by Crippen LogP contribution is -2.35. The molecule has 0 saturated carbocycles. The number of carbonyl (C=O) groups excluding carboxylic acids is 1. The lowest BCUT2D eigenvalue weighted by molar-refractivity contribution is -0.705. The maximum absolute atomic E-state index is 11.5. The fourth-order valence-electron chi connectivity index (χ4n) is 1.35. The summed E-state index contributed by atoms with van der Waals surface area (Å²) >= 11 is 1.01. The monoisotopic (exact) mass is 265 g/mol. The second kappa shape index (κ2) is 5.09. The summed E-state index contributed by atoms with van der Waals surface area (Å²) in [4.78, 5) is 10.7. The summed E-state index contributed by atoms with van der Waals surface area (Å²) in [7, 11) is 0. The molecule has 0 radical (unpaired) electrons. The molecule has 2 rings (SSSR count). The molecule has 0 bridgehead atoms. The number of rotatable bonds is 4. The van der Waals surface area contributed by atoms with Gasteiger partial charge in [0.15, 0.2) is 5.95 Å². The highest BCUT2D eigenvalue weighted by atomic mass is 32.2. The highest BCUT2D eigenvalue weighted by Gasteiger charge is 2.21. The van der Waals surface area contributed by atoms with Gasteiger partial charge in [-0.05, 0) is 23.4 Å². The van der Waals surface area contributed by atoms with Gasteiger partial charge in [0.1, 0.15) is 0 Å². The largest absolute Gasteiger partial charge is 0.538 e. The van der Waals surface area contributed by atoms with E-state index < -0.39 is 11.9 Å². The molecule has 18 heavy (non-hydrogen) atoms. The van der Waals surface area contributed by atoms with Gasteiger partial charge in [0.25, 0.3) is 5.03 Å². The third kappa shape index (κ3) is 2.62. The smallest absolute Gasteiger partial charge is 0.298 e. The quantitative estimate of drug-likeness (QED) is 0.615. The van der Waals surface area contributed by atoms with Gasteiger partial charge in [-0.25, -0.2) is 0 Å². The Balaban J connectivity index is 2.33. The summed E-state index contributed by atoms with van der Waals surface area (Å²) in [6, 6.07) is 7.41. The standard InChI is InChI=1S/C11H11N3O3S/c1-7-2-4-8(5-3-7)14-10(11(16)17-13-14)18-6-9(12)15/h2-5H,6H2,1H3,(H2-,12,13,15,16). The maximum Gasteiger partial charge on any atom is 0.298 e. The molecule has 94 valence electrons. The molecule has 1 heterocycles. The van der Waals surface area contributed by atoms with Crippen molar-refractivity contribution >= 4 is 17.7 Å². The van der Waals surface area contributed by atoms with Crippen LogP contribution in [-0.4, -0.2) is 16.9 Å². The van der Waals surface area contributed by atoms with Gasteiger partial charge in [0.05, 0.1) is 11.0 Å². The van der Waals surface area contributed by atoms with E-state index in [1.54, 1.807) is 0 Å². The predicted octanol–water partition coefficient (Wildman–Crippen LogP) is -0.0893. The van der Waals surface area contributed by atoms with E-state index >= 15 is 0 Å². The van der Waals surface area contributed by atoms with Crippen molar-refractivity contribution in [3.63, 3.8) is 0 Å². The number of hydrogen-bond donors (Lipinski definition) is 1. The van der Waals surface area contributed by atoms with Crippen molar-refractivity contribution in [3.8, 4) is 11.6 Å². The number of nitrogens with two attached hydrogens (primary N) is 1. The van der Waals surface area contributed by atoms with Crippen molar-refractivity contribution in [2.75, 3.05) is 5.75 Å². The van der Waals surface area contributed by atoms with Crippen LogP contribution in [0.25, 0.3) is 5.69 Å². The molecular formula is C11H11N3O3S. The van der Waals surface area contributed by atoms with E-state index in [2.05, 4.69) is 9.79 Å². The Hall–Kier alpha value is -2.02. The third-order valence-electron chi connectivity index (χ3n) is 2.20. The molecule has 0 aliphatic heterocycles. The Morgan fingerprint density at radius 3 is 2.78 bits per heavy atom. The van der Waals surface area contributed by atoms with Crippen molar-refractivity contribution in [2.45, 2.75) is 11.9 Å². The summed E-state index contributed by atoms with van der Waals surface area (Å²) in [5.41, 5.74) is 6.83. The Labute approximate surface area is 107 Å². The number of benzene rings is 1. The molecule has 0 spiro atoms. The van der Waals surface area contributed by atoms with Gasteiger partial charge < -0.3 is 15.4 Å². The van der Waals surface area contributed by atoms with Crippen LogP contribution in [0.3, 0.4) is 0 Å². The first kappa shape index (κ1) is 12.4. The Bertz CT molecular complexity index is 565. The molecule has 0 atom stereocenters. The van der Waals surface area contributed by atoms with Crippen LogP contribution >= 0.6 is 11.8 Å². The lowest BCUT2D eigenvalue weighted by atomic mass is 10.2. The summed E-state index contributed by atoms with van der Waals surface area (Å²) < 4.78 is 5.95. The summed E-state index contributed by atoms with van der Waals surface area (Å²) in [6.07, 6.45) is 0. The van der Waals surface area contributed by atoms with Gasteiger partial charge in [0.2, 0.25) is 11.6 Å². The normalized spacial score (nSPS) is 10.5. The molecule has 0 unspecified atom stereocenters. The Morgan fingerprint density at radius 2 is 2.17 bits per heavy atom. The number of carbonyl (C=O) groups is 1. The number of hydrogen-bond acceptors (Lipinski definition) is 5. The first-order valence-electron chi connectivity index (χ1n) is 5.15. The zero-order valence-electron chi connectivity index (χ0n) is 9.62. The molecular weight excluding hydrogens is 254 g/mol. The average Bonchev–Trinajstić information content (AvgIpc) is 2.69. The van der Waals surface area contributed by atoms with E-state index in [9.17, 15) is 9.90 Å². The van der Waals surface area contributed by atoms with E-state index in [0.29, 0.717) is 5.69 Å². The molecule has 6 nitrogen and oxygen atoms in total. The molecule has 0 aliphatic carbocycles. The van der Waals surface area contributed by atoms with Gasteiger partial charge >= 0.3 is 0 Å². The van der Waals surface area contributed by atoms with E-state index in [0.717, 1.165) is 17.3 Å². The lowest BCUT2D eigenvalue weighted by Gasteiger charge is -1.96. The van der Waals surface area contributed by atoms with E-state index in [4.69, 9.17) is 5.73 Å². The molecule has 0 fully saturated rings. The van der Waals surface area contributed by atoms with E-state index in [1.165, 1.54) is 4.68 Å². The van der Waals surface area contributed by atoms with Crippen LogP contribution < -0.4 is 15.5 Å². The van der Waals surface area contributed by atoms with Crippen molar-refractivity contribution < 1.29 is 19.1 Å². The number of thioether (sulfide) groups is 1. The van der Waals surface area contributed by atoms with Crippen LogP contribution in [0, 0.1) is 6.92 Å². The number of nitrogens with zero attached hydrogens (tertiary/aromatic N) is 2. The van der Waals surface area contributed by atoms with Gasteiger partial charge in [-0.15, -0.1) is 0 Å². The fraction of sp³-hybridized carbons (Fsp3) is 0.182. The van der Waals surface area contributed by atoms with Crippen molar-refractivity contribution in [1.82, 2.24) is 5.27 Å². The first-order chi connectivity index (χ1) is 8.58. The number of aryl methyl sites for hydroxylation is 1. The van der Waals surface area contributed by atoms with Crippen LogP contribution in [0.5, 0.6) is 5.95 Å². The molecule has 0 aliphatic rings. The highest BCUT2D eigenvalue weighted by molar-refractivity contribution is 7.99. The molecule has 0 saturated heterocycles. The summed E-state index contributed by atoms with van der Waals surface area (Å²) in [5.74, 6) is -1.08. The first-order valence-corrected chi connectivity index (χ1v) is 6.13. The summed E-state index contributed by atoms with van der Waals surface area (Å²) in [5, 5.41) is 15.4. The molecule has 1 amide bonds. The highest BCUT2D eigenvalue weighted by Crippen LogP contribution is 2.22. The minimum absolute atomic E-state index is 0.00230. The third-order valence-corrected chi connectivity index (χ3v) is 3.24. The number of primary amides is 1. The maximum atomic E-state index is 11.5. The molecule has 2 aromatic rings. The van der Waals surface area contributed by atoms with Crippen LogP contribution in [0.2, 0.25) is 0 Å². The average molecular weight is 265 g/mol. The number of aromatic nitrogens is 2. The van der Waals surface area contributed by atoms with Gasteiger partial charge in [0, 0.05) is 12.1 Å². The minimum Gasteiger partial charge on any atom is -0.538 e.